The van der Waals surface area contributed by atoms with Crippen LogP contribution in [0.4, 0.5) is 0 Å². The molecular formula is C22H23ClN2O3S. The molecule has 1 atom stereocenters. The molecule has 7 heteroatoms. The minimum Gasteiger partial charge on any atom is -0.443 e. The molecule has 0 bridgehead atoms. The van der Waals surface area contributed by atoms with Crippen LogP contribution >= 0.6 is 11.6 Å². The highest BCUT2D eigenvalue weighted by atomic mass is 35.5. The summed E-state index contributed by atoms with van der Waals surface area (Å²) >= 11 is 6.19. The Kier molecular flexibility index (Phi) is 5.51. The third-order valence-corrected chi connectivity index (χ3v) is 7.56. The van der Waals surface area contributed by atoms with E-state index in [0.717, 1.165) is 23.4 Å². The zero-order valence-electron chi connectivity index (χ0n) is 16.4. The highest BCUT2D eigenvalue weighted by Gasteiger charge is 2.40. The topological polar surface area (TPSA) is 63.4 Å². The van der Waals surface area contributed by atoms with E-state index in [4.69, 9.17) is 21.0 Å². The Hall–Kier alpha value is -2.15. The summed E-state index contributed by atoms with van der Waals surface area (Å²) in [7, 11) is -3.75. The Balaban J connectivity index is 1.76. The number of aromatic nitrogens is 1. The van der Waals surface area contributed by atoms with Crippen LogP contribution in [0.2, 0.25) is 5.02 Å². The van der Waals surface area contributed by atoms with Crippen molar-refractivity contribution in [3.63, 3.8) is 0 Å². The zero-order valence-corrected chi connectivity index (χ0v) is 17.9. The largest absolute Gasteiger partial charge is 0.443 e. The first-order valence-electron chi connectivity index (χ1n) is 9.72. The Morgan fingerprint density at radius 2 is 1.79 bits per heavy atom. The molecule has 0 amide bonds. The van der Waals surface area contributed by atoms with Crippen LogP contribution in [0.1, 0.15) is 50.3 Å². The molecule has 2 aromatic carbocycles. The smallest absolute Gasteiger partial charge is 0.245 e. The van der Waals surface area contributed by atoms with E-state index in [2.05, 4.69) is 0 Å². The number of hydrogen-bond acceptors (Lipinski definition) is 4. The van der Waals surface area contributed by atoms with Gasteiger partial charge in [-0.05, 0) is 25.0 Å². The Labute approximate surface area is 176 Å². The van der Waals surface area contributed by atoms with E-state index < -0.39 is 16.1 Å². The summed E-state index contributed by atoms with van der Waals surface area (Å²) in [6, 6.07) is 15.9. The summed E-state index contributed by atoms with van der Waals surface area (Å²) in [5, 5.41) is 0.221. The maximum Gasteiger partial charge on any atom is 0.245 e. The van der Waals surface area contributed by atoms with Crippen LogP contribution in [-0.2, 0) is 10.0 Å². The van der Waals surface area contributed by atoms with E-state index in [0.29, 0.717) is 18.9 Å². The van der Waals surface area contributed by atoms with E-state index in [1.165, 1.54) is 10.4 Å². The SMILES string of the molecule is CC(C)c1oc(C2CCCN2S(=O)(=O)c2ccccc2Cl)nc1-c1ccccc1. The molecule has 1 fully saturated rings. The number of oxazole rings is 1. The number of benzene rings is 2. The summed E-state index contributed by atoms with van der Waals surface area (Å²) < 4.78 is 34.2. The predicted octanol–water partition coefficient (Wildman–Crippen LogP) is 5.64. The summed E-state index contributed by atoms with van der Waals surface area (Å²) in [5.41, 5.74) is 1.74. The standard InChI is InChI=1S/C22H23ClN2O3S/c1-15(2)21-20(16-9-4-3-5-10-16)24-22(28-21)18-12-8-14-25(18)29(26,27)19-13-7-6-11-17(19)23/h3-7,9-11,13,15,18H,8,12,14H2,1-2H3. The van der Waals surface area contributed by atoms with Crippen molar-refractivity contribution < 1.29 is 12.8 Å². The summed E-state index contributed by atoms with van der Waals surface area (Å²) in [6.45, 7) is 4.51. The molecular weight excluding hydrogens is 408 g/mol. The second kappa shape index (κ2) is 7.94. The van der Waals surface area contributed by atoms with Gasteiger partial charge in [0.25, 0.3) is 0 Å². The second-order valence-corrected chi connectivity index (χ2v) is 9.76. The quantitative estimate of drug-likeness (QED) is 0.525. The van der Waals surface area contributed by atoms with Gasteiger partial charge >= 0.3 is 0 Å². The Morgan fingerprint density at radius 1 is 1.10 bits per heavy atom. The monoisotopic (exact) mass is 430 g/mol. The lowest BCUT2D eigenvalue weighted by atomic mass is 10.0. The van der Waals surface area contributed by atoms with Gasteiger partial charge in [-0.3, -0.25) is 0 Å². The molecule has 3 aromatic rings. The van der Waals surface area contributed by atoms with E-state index in [1.807, 2.05) is 44.2 Å². The molecule has 0 radical (unpaired) electrons. The Bertz CT molecular complexity index is 1110. The molecule has 0 N–H and O–H groups in total. The fraction of sp³-hybridized carbons (Fsp3) is 0.318. The molecule has 5 nitrogen and oxygen atoms in total. The van der Waals surface area contributed by atoms with Gasteiger partial charge in [0.05, 0.1) is 5.02 Å². The molecule has 0 saturated carbocycles. The van der Waals surface area contributed by atoms with Crippen molar-refractivity contribution in [1.82, 2.24) is 9.29 Å². The second-order valence-electron chi connectivity index (χ2n) is 7.49. The van der Waals surface area contributed by atoms with Gasteiger partial charge in [0.1, 0.15) is 22.4 Å². The molecule has 1 saturated heterocycles. The van der Waals surface area contributed by atoms with Gasteiger partial charge in [0, 0.05) is 18.0 Å². The molecule has 1 aliphatic rings. The van der Waals surface area contributed by atoms with Crippen molar-refractivity contribution in [3.8, 4) is 11.3 Å². The van der Waals surface area contributed by atoms with Crippen molar-refractivity contribution in [2.24, 2.45) is 0 Å². The van der Waals surface area contributed by atoms with Gasteiger partial charge in [0.2, 0.25) is 15.9 Å². The van der Waals surface area contributed by atoms with Gasteiger partial charge in [-0.25, -0.2) is 13.4 Å². The molecule has 1 unspecified atom stereocenters. The lowest BCUT2D eigenvalue weighted by Crippen LogP contribution is -2.31. The van der Waals surface area contributed by atoms with Crippen molar-refractivity contribution in [1.29, 1.82) is 0 Å². The third kappa shape index (κ3) is 3.72. The van der Waals surface area contributed by atoms with Gasteiger partial charge in [0.15, 0.2) is 0 Å². The van der Waals surface area contributed by atoms with Gasteiger partial charge < -0.3 is 4.42 Å². The van der Waals surface area contributed by atoms with Crippen molar-refractivity contribution in [2.45, 2.75) is 43.5 Å². The molecule has 152 valence electrons. The van der Waals surface area contributed by atoms with Crippen LogP contribution in [0, 0.1) is 0 Å². The Morgan fingerprint density at radius 3 is 2.48 bits per heavy atom. The maximum absolute atomic E-state index is 13.3. The minimum atomic E-state index is -3.75. The van der Waals surface area contributed by atoms with Gasteiger partial charge in [-0.2, -0.15) is 4.31 Å². The lowest BCUT2D eigenvalue weighted by molar-refractivity contribution is 0.317. The first-order chi connectivity index (χ1) is 13.9. The molecule has 0 aliphatic carbocycles. The highest BCUT2D eigenvalue weighted by Crippen LogP contribution is 2.40. The molecule has 4 rings (SSSR count). The minimum absolute atomic E-state index is 0.118. The van der Waals surface area contributed by atoms with Crippen LogP contribution in [0.3, 0.4) is 0 Å². The number of halogens is 1. The van der Waals surface area contributed by atoms with Crippen LogP contribution in [-0.4, -0.2) is 24.3 Å². The van der Waals surface area contributed by atoms with E-state index in [1.54, 1.807) is 18.2 Å². The number of nitrogens with zero attached hydrogens (tertiary/aromatic N) is 2. The van der Waals surface area contributed by atoms with Gasteiger partial charge in [-0.1, -0.05) is 67.9 Å². The van der Waals surface area contributed by atoms with E-state index in [-0.39, 0.29) is 15.8 Å². The average Bonchev–Trinajstić information content (AvgIpc) is 3.36. The van der Waals surface area contributed by atoms with E-state index >= 15 is 0 Å². The number of rotatable bonds is 5. The fourth-order valence-electron chi connectivity index (χ4n) is 3.74. The maximum atomic E-state index is 13.3. The normalized spacial score (nSPS) is 17.9. The summed E-state index contributed by atoms with van der Waals surface area (Å²) in [4.78, 5) is 4.88. The molecule has 0 spiro atoms. The highest BCUT2D eigenvalue weighted by molar-refractivity contribution is 7.89. The molecule has 1 aromatic heterocycles. The van der Waals surface area contributed by atoms with Crippen LogP contribution in [0.5, 0.6) is 0 Å². The van der Waals surface area contributed by atoms with Gasteiger partial charge in [-0.15, -0.1) is 0 Å². The molecule has 2 heterocycles. The van der Waals surface area contributed by atoms with Crippen molar-refractivity contribution in [2.75, 3.05) is 6.54 Å². The van der Waals surface area contributed by atoms with Crippen LogP contribution in [0.15, 0.2) is 63.9 Å². The summed E-state index contributed by atoms with van der Waals surface area (Å²) in [6.07, 6.45) is 1.41. The summed E-state index contributed by atoms with van der Waals surface area (Å²) in [5.74, 6) is 1.34. The van der Waals surface area contributed by atoms with Crippen molar-refractivity contribution >= 4 is 21.6 Å². The van der Waals surface area contributed by atoms with Crippen LogP contribution in [0.25, 0.3) is 11.3 Å². The molecule has 29 heavy (non-hydrogen) atoms. The molecule has 1 aliphatic heterocycles. The van der Waals surface area contributed by atoms with Crippen LogP contribution < -0.4 is 0 Å². The predicted molar refractivity (Wildman–Crippen MR) is 113 cm³/mol. The number of hydrogen-bond donors (Lipinski definition) is 0. The average molecular weight is 431 g/mol. The van der Waals surface area contributed by atoms with Crippen molar-refractivity contribution in [3.05, 3.63) is 71.3 Å². The van der Waals surface area contributed by atoms with E-state index in [9.17, 15) is 8.42 Å². The third-order valence-electron chi connectivity index (χ3n) is 5.15. The lowest BCUT2D eigenvalue weighted by Gasteiger charge is -2.22. The fourth-order valence-corrected chi connectivity index (χ4v) is 5.89. The zero-order chi connectivity index (χ0) is 20.6. The first-order valence-corrected chi connectivity index (χ1v) is 11.5. The number of sulfonamides is 1. The first kappa shape index (κ1) is 20.1.